The van der Waals surface area contributed by atoms with Gasteiger partial charge in [0.1, 0.15) is 0 Å². The molecule has 0 unspecified atom stereocenters. The van der Waals surface area contributed by atoms with E-state index in [-0.39, 0.29) is 12.5 Å². The maximum Gasteiger partial charge on any atom is 0.246 e. The second kappa shape index (κ2) is 6.54. The van der Waals surface area contributed by atoms with Crippen molar-refractivity contribution in [3.8, 4) is 0 Å². The predicted molar refractivity (Wildman–Crippen MR) is 77.2 cm³/mol. The molecule has 1 aromatic carbocycles. The SMILES string of the molecule is CCN(C(=O)CNc1ccccc1)c1ccncc1. The normalized spacial score (nSPS) is 9.95. The van der Waals surface area contributed by atoms with Crippen LogP contribution in [0.25, 0.3) is 0 Å². The second-order valence-electron chi connectivity index (χ2n) is 4.06. The van der Waals surface area contributed by atoms with Gasteiger partial charge in [0, 0.05) is 30.3 Å². The first kappa shape index (κ1) is 13.1. The number of nitrogens with one attached hydrogen (secondary N) is 1. The van der Waals surface area contributed by atoms with E-state index < -0.39 is 0 Å². The fourth-order valence-corrected chi connectivity index (χ4v) is 1.86. The lowest BCUT2D eigenvalue weighted by molar-refractivity contribution is -0.116. The van der Waals surface area contributed by atoms with Crippen molar-refractivity contribution in [2.75, 3.05) is 23.3 Å². The quantitative estimate of drug-likeness (QED) is 0.893. The lowest BCUT2D eigenvalue weighted by Gasteiger charge is -2.21. The molecule has 4 nitrogen and oxygen atoms in total. The molecule has 4 heteroatoms. The number of carbonyl (C=O) groups is 1. The predicted octanol–water partition coefficient (Wildman–Crippen LogP) is 2.55. The zero-order chi connectivity index (χ0) is 13.5. The number of aromatic nitrogens is 1. The van der Waals surface area contributed by atoms with E-state index >= 15 is 0 Å². The summed E-state index contributed by atoms with van der Waals surface area (Å²) in [4.78, 5) is 17.9. The van der Waals surface area contributed by atoms with Gasteiger partial charge in [0.25, 0.3) is 0 Å². The Morgan fingerprint density at radius 3 is 2.47 bits per heavy atom. The fraction of sp³-hybridized carbons (Fsp3) is 0.200. The van der Waals surface area contributed by atoms with Crippen molar-refractivity contribution >= 4 is 17.3 Å². The molecule has 1 amide bonds. The summed E-state index contributed by atoms with van der Waals surface area (Å²) in [6.45, 7) is 2.88. The van der Waals surface area contributed by atoms with Gasteiger partial charge in [-0.3, -0.25) is 9.78 Å². The fourth-order valence-electron chi connectivity index (χ4n) is 1.86. The van der Waals surface area contributed by atoms with E-state index in [1.54, 1.807) is 17.3 Å². The zero-order valence-corrected chi connectivity index (χ0v) is 10.9. The largest absolute Gasteiger partial charge is 0.376 e. The summed E-state index contributed by atoms with van der Waals surface area (Å²) in [5.74, 6) is 0.0394. The third-order valence-electron chi connectivity index (χ3n) is 2.81. The first-order valence-corrected chi connectivity index (χ1v) is 6.30. The molecule has 0 aliphatic rings. The monoisotopic (exact) mass is 255 g/mol. The Labute approximate surface area is 113 Å². The zero-order valence-electron chi connectivity index (χ0n) is 10.9. The van der Waals surface area contributed by atoms with Gasteiger partial charge < -0.3 is 10.2 Å². The molecule has 2 rings (SSSR count). The van der Waals surface area contributed by atoms with Gasteiger partial charge in [-0.1, -0.05) is 18.2 Å². The summed E-state index contributed by atoms with van der Waals surface area (Å²) in [7, 11) is 0. The summed E-state index contributed by atoms with van der Waals surface area (Å²) in [6.07, 6.45) is 3.38. The molecule has 0 saturated heterocycles. The van der Waals surface area contributed by atoms with Gasteiger partial charge in [0.15, 0.2) is 0 Å². The number of nitrogens with zero attached hydrogens (tertiary/aromatic N) is 2. The average Bonchev–Trinajstić information content (AvgIpc) is 2.48. The van der Waals surface area contributed by atoms with Crippen molar-refractivity contribution in [3.05, 3.63) is 54.9 Å². The number of benzene rings is 1. The number of para-hydroxylation sites is 1. The minimum Gasteiger partial charge on any atom is -0.376 e. The van der Waals surface area contributed by atoms with E-state index in [0.717, 1.165) is 11.4 Å². The van der Waals surface area contributed by atoms with Gasteiger partial charge in [-0.2, -0.15) is 0 Å². The molecule has 0 spiro atoms. The van der Waals surface area contributed by atoms with Gasteiger partial charge in [0.2, 0.25) is 5.91 Å². The Kier molecular flexibility index (Phi) is 4.50. The Morgan fingerprint density at radius 2 is 1.84 bits per heavy atom. The van der Waals surface area contributed by atoms with Gasteiger partial charge >= 0.3 is 0 Å². The van der Waals surface area contributed by atoms with Crippen molar-refractivity contribution in [1.82, 2.24) is 4.98 Å². The second-order valence-corrected chi connectivity index (χ2v) is 4.06. The molecule has 0 bridgehead atoms. The maximum absolute atomic E-state index is 12.2. The summed E-state index contributed by atoms with van der Waals surface area (Å²) < 4.78 is 0. The Balaban J connectivity index is 1.98. The van der Waals surface area contributed by atoms with Gasteiger partial charge in [-0.15, -0.1) is 0 Å². The van der Waals surface area contributed by atoms with Crippen LogP contribution in [0.1, 0.15) is 6.92 Å². The van der Waals surface area contributed by atoms with E-state index in [0.29, 0.717) is 6.54 Å². The lowest BCUT2D eigenvalue weighted by Crippen LogP contribution is -2.35. The molecule has 0 atom stereocenters. The number of hydrogen-bond acceptors (Lipinski definition) is 3. The number of pyridine rings is 1. The van der Waals surface area contributed by atoms with Crippen molar-refractivity contribution in [2.24, 2.45) is 0 Å². The number of carbonyl (C=O) groups excluding carboxylic acids is 1. The average molecular weight is 255 g/mol. The standard InChI is InChI=1S/C15H17N3O/c1-2-18(14-8-10-16-11-9-14)15(19)12-17-13-6-4-3-5-7-13/h3-11,17H,2,12H2,1H3. The minimum absolute atomic E-state index is 0.0394. The summed E-state index contributed by atoms with van der Waals surface area (Å²) in [5.41, 5.74) is 1.82. The molecular weight excluding hydrogens is 238 g/mol. The smallest absolute Gasteiger partial charge is 0.246 e. The maximum atomic E-state index is 12.2. The first-order chi connectivity index (χ1) is 9.31. The van der Waals surface area contributed by atoms with E-state index in [2.05, 4.69) is 10.3 Å². The molecule has 0 radical (unpaired) electrons. The number of rotatable bonds is 5. The highest BCUT2D eigenvalue weighted by Crippen LogP contribution is 2.12. The molecule has 0 aliphatic heterocycles. The summed E-state index contributed by atoms with van der Waals surface area (Å²) >= 11 is 0. The molecular formula is C15H17N3O. The third-order valence-corrected chi connectivity index (χ3v) is 2.81. The number of hydrogen-bond donors (Lipinski definition) is 1. The van der Waals surface area contributed by atoms with Crippen LogP contribution in [0, 0.1) is 0 Å². The van der Waals surface area contributed by atoms with Crippen LogP contribution < -0.4 is 10.2 Å². The van der Waals surface area contributed by atoms with E-state index in [4.69, 9.17) is 0 Å². The van der Waals surface area contributed by atoms with Gasteiger partial charge in [-0.05, 0) is 31.2 Å². The summed E-state index contributed by atoms with van der Waals surface area (Å²) in [5, 5.41) is 3.12. The highest BCUT2D eigenvalue weighted by molar-refractivity contribution is 5.96. The van der Waals surface area contributed by atoms with Crippen molar-refractivity contribution < 1.29 is 4.79 Å². The number of likely N-dealkylation sites (N-methyl/N-ethyl adjacent to an activating group) is 1. The van der Waals surface area contributed by atoms with Crippen molar-refractivity contribution in [3.63, 3.8) is 0 Å². The van der Waals surface area contributed by atoms with E-state index in [1.807, 2.05) is 49.4 Å². The molecule has 1 N–H and O–H groups in total. The van der Waals surface area contributed by atoms with Crippen LogP contribution in [-0.2, 0) is 4.79 Å². The van der Waals surface area contributed by atoms with Gasteiger partial charge in [0.05, 0.1) is 6.54 Å². The van der Waals surface area contributed by atoms with Crippen LogP contribution in [0.15, 0.2) is 54.9 Å². The Morgan fingerprint density at radius 1 is 1.16 bits per heavy atom. The molecule has 1 heterocycles. The highest BCUT2D eigenvalue weighted by atomic mass is 16.2. The van der Waals surface area contributed by atoms with E-state index in [1.165, 1.54) is 0 Å². The van der Waals surface area contributed by atoms with Crippen LogP contribution in [0.4, 0.5) is 11.4 Å². The van der Waals surface area contributed by atoms with Crippen LogP contribution >= 0.6 is 0 Å². The van der Waals surface area contributed by atoms with Crippen molar-refractivity contribution in [1.29, 1.82) is 0 Å². The van der Waals surface area contributed by atoms with Gasteiger partial charge in [-0.25, -0.2) is 0 Å². The molecule has 1 aromatic heterocycles. The first-order valence-electron chi connectivity index (χ1n) is 6.30. The molecule has 98 valence electrons. The molecule has 19 heavy (non-hydrogen) atoms. The number of amides is 1. The molecule has 0 fully saturated rings. The number of anilines is 2. The Bertz CT molecular complexity index is 513. The van der Waals surface area contributed by atoms with E-state index in [9.17, 15) is 4.79 Å². The van der Waals surface area contributed by atoms with Crippen LogP contribution in [0.5, 0.6) is 0 Å². The van der Waals surface area contributed by atoms with Crippen molar-refractivity contribution in [2.45, 2.75) is 6.92 Å². The highest BCUT2D eigenvalue weighted by Gasteiger charge is 2.12. The molecule has 0 saturated carbocycles. The third kappa shape index (κ3) is 3.55. The Hall–Kier alpha value is -2.36. The van der Waals surface area contributed by atoms with Crippen LogP contribution in [0.3, 0.4) is 0 Å². The van der Waals surface area contributed by atoms with Crippen LogP contribution in [0.2, 0.25) is 0 Å². The van der Waals surface area contributed by atoms with Crippen LogP contribution in [-0.4, -0.2) is 24.0 Å². The topological polar surface area (TPSA) is 45.2 Å². The molecule has 2 aromatic rings. The minimum atomic E-state index is 0.0394. The summed E-state index contributed by atoms with van der Waals surface area (Å²) in [6, 6.07) is 13.4. The molecule has 0 aliphatic carbocycles. The lowest BCUT2D eigenvalue weighted by atomic mass is 10.3.